The van der Waals surface area contributed by atoms with Crippen molar-refractivity contribution in [1.29, 1.82) is 0 Å². The normalized spacial score (nSPS) is 16.3. The second kappa shape index (κ2) is 6.63. The Bertz CT molecular complexity index is 837. The van der Waals surface area contributed by atoms with Crippen molar-refractivity contribution in [2.45, 2.75) is 25.7 Å². The van der Waals surface area contributed by atoms with Crippen molar-refractivity contribution < 1.29 is 23.8 Å². The van der Waals surface area contributed by atoms with Gasteiger partial charge in [0.15, 0.2) is 17.3 Å². The third kappa shape index (κ3) is 2.88. The molecule has 1 atom stereocenters. The molecular formula is C19H21NO5. The Balaban J connectivity index is 1.96. The fourth-order valence-corrected chi connectivity index (χ4v) is 3.48. The Morgan fingerprint density at radius 3 is 2.48 bits per heavy atom. The second-order valence-electron chi connectivity index (χ2n) is 6.11. The van der Waals surface area contributed by atoms with E-state index < -0.39 is 5.97 Å². The summed E-state index contributed by atoms with van der Waals surface area (Å²) in [5.74, 6) is 0.879. The molecule has 1 aliphatic carbocycles. The van der Waals surface area contributed by atoms with Crippen LogP contribution in [0.4, 0.5) is 0 Å². The van der Waals surface area contributed by atoms with Gasteiger partial charge in [-0.2, -0.15) is 0 Å². The summed E-state index contributed by atoms with van der Waals surface area (Å²) in [6.45, 7) is 1.77. The van der Waals surface area contributed by atoms with Gasteiger partial charge in [-0.05, 0) is 42.5 Å². The predicted molar refractivity (Wildman–Crippen MR) is 91.8 cm³/mol. The lowest BCUT2D eigenvalue weighted by atomic mass is 9.81. The first-order valence-electron chi connectivity index (χ1n) is 8.05. The molecule has 6 heteroatoms. The molecule has 1 aromatic carbocycles. The monoisotopic (exact) mass is 343 g/mol. The largest absolute Gasteiger partial charge is 0.493 e. The van der Waals surface area contributed by atoms with Crippen molar-refractivity contribution in [3.05, 3.63) is 46.3 Å². The van der Waals surface area contributed by atoms with Crippen molar-refractivity contribution in [2.75, 3.05) is 21.3 Å². The van der Waals surface area contributed by atoms with Gasteiger partial charge in [-0.1, -0.05) is 6.07 Å². The van der Waals surface area contributed by atoms with Crippen molar-refractivity contribution in [3.8, 4) is 11.5 Å². The maximum Gasteiger partial charge on any atom is 0.354 e. The zero-order valence-corrected chi connectivity index (χ0v) is 14.8. The van der Waals surface area contributed by atoms with Crippen LogP contribution >= 0.6 is 0 Å². The third-order valence-corrected chi connectivity index (χ3v) is 4.76. The first-order valence-corrected chi connectivity index (χ1v) is 8.05. The topological polar surface area (TPSA) is 77.6 Å². The summed E-state index contributed by atoms with van der Waals surface area (Å²) in [7, 11) is 4.50. The van der Waals surface area contributed by atoms with Crippen molar-refractivity contribution in [2.24, 2.45) is 0 Å². The Morgan fingerprint density at radius 1 is 1.12 bits per heavy atom. The fraction of sp³-hybridized carbons (Fsp3) is 0.368. The number of hydrogen-bond donors (Lipinski definition) is 1. The molecule has 2 aromatic rings. The van der Waals surface area contributed by atoms with Gasteiger partial charge in [0.2, 0.25) is 0 Å². The smallest absolute Gasteiger partial charge is 0.354 e. The molecule has 132 valence electrons. The first-order chi connectivity index (χ1) is 12.0. The van der Waals surface area contributed by atoms with Crippen LogP contribution < -0.4 is 9.47 Å². The van der Waals surface area contributed by atoms with Crippen molar-refractivity contribution in [3.63, 3.8) is 0 Å². The zero-order chi connectivity index (χ0) is 18.1. The highest BCUT2D eigenvalue weighted by molar-refractivity contribution is 6.03. The van der Waals surface area contributed by atoms with Crippen LogP contribution in [0.15, 0.2) is 18.2 Å². The number of ketones is 1. The van der Waals surface area contributed by atoms with Crippen LogP contribution in [0.3, 0.4) is 0 Å². The molecular weight excluding hydrogens is 322 g/mol. The number of Topliss-reactive ketones (excluding diaryl/α,β-unsaturated/α-hetero) is 1. The standard InChI is InChI=1S/C19H21NO5/c1-10-17-13(20-18(10)19(22)25-4)7-12(8-14(17)21)11-5-6-15(23-2)16(9-11)24-3/h5-6,9,12,20H,7-8H2,1-4H3. The second-order valence-corrected chi connectivity index (χ2v) is 6.11. The number of rotatable bonds is 4. The third-order valence-electron chi connectivity index (χ3n) is 4.76. The number of nitrogens with one attached hydrogen (secondary N) is 1. The number of hydrogen-bond acceptors (Lipinski definition) is 5. The lowest BCUT2D eigenvalue weighted by molar-refractivity contribution is 0.0593. The van der Waals surface area contributed by atoms with Gasteiger partial charge < -0.3 is 19.2 Å². The lowest BCUT2D eigenvalue weighted by Gasteiger charge is -2.23. The molecule has 1 heterocycles. The van der Waals surface area contributed by atoms with E-state index in [4.69, 9.17) is 14.2 Å². The summed E-state index contributed by atoms with van der Waals surface area (Å²) >= 11 is 0. The Hall–Kier alpha value is -2.76. The molecule has 25 heavy (non-hydrogen) atoms. The number of H-pyrrole nitrogens is 1. The van der Waals surface area contributed by atoms with Gasteiger partial charge in [-0.3, -0.25) is 4.79 Å². The zero-order valence-electron chi connectivity index (χ0n) is 14.8. The molecule has 1 aliphatic rings. The number of esters is 1. The van der Waals surface area contributed by atoms with Crippen LogP contribution in [-0.4, -0.2) is 38.1 Å². The minimum Gasteiger partial charge on any atom is -0.493 e. The Morgan fingerprint density at radius 2 is 1.84 bits per heavy atom. The fourth-order valence-electron chi connectivity index (χ4n) is 3.48. The summed E-state index contributed by atoms with van der Waals surface area (Å²) in [5, 5.41) is 0. The van der Waals surface area contributed by atoms with Crippen molar-refractivity contribution in [1.82, 2.24) is 4.98 Å². The van der Waals surface area contributed by atoms with Crippen LogP contribution in [0, 0.1) is 6.92 Å². The molecule has 0 bridgehead atoms. The van der Waals surface area contributed by atoms with E-state index in [0.29, 0.717) is 41.2 Å². The highest BCUT2D eigenvalue weighted by Crippen LogP contribution is 2.38. The Labute approximate surface area is 146 Å². The molecule has 0 aliphatic heterocycles. The average molecular weight is 343 g/mol. The van der Waals surface area contributed by atoms with E-state index in [9.17, 15) is 9.59 Å². The number of ether oxygens (including phenoxy) is 3. The number of aromatic amines is 1. The van der Waals surface area contributed by atoms with Crippen molar-refractivity contribution >= 4 is 11.8 Å². The van der Waals surface area contributed by atoms with Crippen LogP contribution in [0.5, 0.6) is 11.5 Å². The SMILES string of the molecule is COC(=O)c1[nH]c2c(c1C)C(=O)CC(c1ccc(OC)c(OC)c1)C2. The number of aromatic nitrogens is 1. The Kier molecular flexibility index (Phi) is 4.53. The molecule has 0 amide bonds. The number of carbonyl (C=O) groups excluding carboxylic acids is 2. The van der Waals surface area contributed by atoms with E-state index in [0.717, 1.165) is 11.3 Å². The maximum absolute atomic E-state index is 12.7. The van der Waals surface area contributed by atoms with Gasteiger partial charge in [-0.25, -0.2) is 4.79 Å². The van der Waals surface area contributed by atoms with Gasteiger partial charge in [0.25, 0.3) is 0 Å². The molecule has 0 saturated carbocycles. The summed E-state index contributed by atoms with van der Waals surface area (Å²) in [4.78, 5) is 27.6. The first kappa shape index (κ1) is 17.1. The maximum atomic E-state index is 12.7. The average Bonchev–Trinajstić information content (AvgIpc) is 2.97. The molecule has 0 radical (unpaired) electrons. The van der Waals surface area contributed by atoms with E-state index in [2.05, 4.69) is 4.98 Å². The molecule has 6 nitrogen and oxygen atoms in total. The van der Waals surface area contributed by atoms with Crippen LogP contribution in [-0.2, 0) is 11.2 Å². The summed E-state index contributed by atoms with van der Waals surface area (Å²) in [5.41, 5.74) is 3.43. The van der Waals surface area contributed by atoms with Gasteiger partial charge in [0.1, 0.15) is 5.69 Å². The lowest BCUT2D eigenvalue weighted by Crippen LogP contribution is -2.18. The predicted octanol–water partition coefficient (Wildman–Crippen LogP) is 3.04. The van der Waals surface area contributed by atoms with E-state index >= 15 is 0 Å². The minimum atomic E-state index is -0.456. The van der Waals surface area contributed by atoms with Gasteiger partial charge >= 0.3 is 5.97 Å². The molecule has 0 fully saturated rings. The number of fused-ring (bicyclic) bond motifs is 1. The number of methoxy groups -OCH3 is 3. The molecule has 0 spiro atoms. The van der Waals surface area contributed by atoms with E-state index in [1.807, 2.05) is 18.2 Å². The van der Waals surface area contributed by atoms with Gasteiger partial charge in [0.05, 0.1) is 21.3 Å². The van der Waals surface area contributed by atoms with E-state index in [1.54, 1.807) is 21.1 Å². The molecule has 1 unspecified atom stereocenters. The summed E-state index contributed by atoms with van der Waals surface area (Å²) < 4.78 is 15.4. The molecule has 1 aromatic heterocycles. The minimum absolute atomic E-state index is 0.0170. The van der Waals surface area contributed by atoms with Gasteiger partial charge in [-0.15, -0.1) is 0 Å². The van der Waals surface area contributed by atoms with Crippen LogP contribution in [0.1, 0.15) is 50.0 Å². The molecule has 3 rings (SSSR count). The van der Waals surface area contributed by atoms with Crippen LogP contribution in [0.2, 0.25) is 0 Å². The summed E-state index contributed by atoms with van der Waals surface area (Å²) in [6, 6.07) is 5.69. The van der Waals surface area contributed by atoms with Gasteiger partial charge in [0, 0.05) is 17.7 Å². The number of carbonyl (C=O) groups is 2. The van der Waals surface area contributed by atoms with E-state index in [1.165, 1.54) is 7.11 Å². The summed E-state index contributed by atoms with van der Waals surface area (Å²) in [6.07, 6.45) is 1.04. The number of benzene rings is 1. The highest BCUT2D eigenvalue weighted by atomic mass is 16.5. The highest BCUT2D eigenvalue weighted by Gasteiger charge is 2.32. The molecule has 1 N–H and O–H groups in total. The quantitative estimate of drug-likeness (QED) is 0.864. The van der Waals surface area contributed by atoms with Crippen LogP contribution in [0.25, 0.3) is 0 Å². The molecule has 0 saturated heterocycles. The van der Waals surface area contributed by atoms with E-state index in [-0.39, 0.29) is 11.7 Å².